The topological polar surface area (TPSA) is 28.2 Å². The molecule has 1 atom stereocenters. The van der Waals surface area contributed by atoms with Crippen molar-refractivity contribution in [1.29, 1.82) is 0 Å². The summed E-state index contributed by atoms with van der Waals surface area (Å²) in [7, 11) is 0. The van der Waals surface area contributed by atoms with Crippen molar-refractivity contribution >= 4 is 16.5 Å². The van der Waals surface area contributed by atoms with Gasteiger partial charge < -0.3 is 10.2 Å². The Morgan fingerprint density at radius 1 is 1.33 bits per heavy atom. The fraction of sp³-hybridized carbons (Fsp3) is 0.824. The van der Waals surface area contributed by atoms with Crippen molar-refractivity contribution in [3.8, 4) is 0 Å². The highest BCUT2D eigenvalue weighted by Gasteiger charge is 2.31. The first-order valence-electron chi connectivity index (χ1n) is 8.62. The summed E-state index contributed by atoms with van der Waals surface area (Å²) < 4.78 is 0. The molecule has 118 valence electrons. The van der Waals surface area contributed by atoms with Gasteiger partial charge in [0.2, 0.25) is 0 Å². The maximum atomic E-state index is 5.03. The van der Waals surface area contributed by atoms with Crippen LogP contribution in [-0.4, -0.2) is 24.6 Å². The third kappa shape index (κ3) is 3.78. The van der Waals surface area contributed by atoms with Gasteiger partial charge in [0.15, 0.2) is 5.13 Å². The number of nitrogens with one attached hydrogen (secondary N) is 1. The highest BCUT2D eigenvalue weighted by Crippen LogP contribution is 2.44. The monoisotopic (exact) mass is 307 g/mol. The zero-order valence-electron chi connectivity index (χ0n) is 13.7. The number of nitrogens with zero attached hydrogens (tertiary/aromatic N) is 2. The molecule has 2 fully saturated rings. The molecule has 3 rings (SSSR count). The van der Waals surface area contributed by atoms with Crippen LogP contribution >= 0.6 is 11.3 Å². The summed E-state index contributed by atoms with van der Waals surface area (Å²) in [6.07, 6.45) is 5.34. The van der Waals surface area contributed by atoms with Crippen molar-refractivity contribution in [2.75, 3.05) is 24.5 Å². The second kappa shape index (κ2) is 6.66. The molecule has 0 aromatic carbocycles. The van der Waals surface area contributed by atoms with Crippen LogP contribution in [0.1, 0.15) is 62.9 Å². The van der Waals surface area contributed by atoms with E-state index >= 15 is 0 Å². The molecule has 3 nitrogen and oxygen atoms in total. The SMILES string of the molecule is CCC1CCN(c2nc(C3CC3)c(CNCC(C)C)s2)C1. The highest BCUT2D eigenvalue weighted by atomic mass is 32.1. The van der Waals surface area contributed by atoms with E-state index in [-0.39, 0.29) is 0 Å². The van der Waals surface area contributed by atoms with Gasteiger partial charge >= 0.3 is 0 Å². The van der Waals surface area contributed by atoms with Crippen LogP contribution in [0.2, 0.25) is 0 Å². The average molecular weight is 308 g/mol. The summed E-state index contributed by atoms with van der Waals surface area (Å²) in [5.74, 6) is 2.35. The molecule has 1 aliphatic carbocycles. The first-order valence-corrected chi connectivity index (χ1v) is 9.44. The molecule has 2 aliphatic rings. The molecule has 1 unspecified atom stereocenters. The maximum Gasteiger partial charge on any atom is 0.185 e. The molecule has 21 heavy (non-hydrogen) atoms. The number of anilines is 1. The molecule has 1 saturated heterocycles. The lowest BCUT2D eigenvalue weighted by Crippen LogP contribution is -2.19. The van der Waals surface area contributed by atoms with Crippen molar-refractivity contribution < 1.29 is 0 Å². The van der Waals surface area contributed by atoms with E-state index in [0.29, 0.717) is 5.92 Å². The quantitative estimate of drug-likeness (QED) is 0.825. The summed E-state index contributed by atoms with van der Waals surface area (Å²) in [6.45, 7) is 11.4. The van der Waals surface area contributed by atoms with Gasteiger partial charge in [-0.05, 0) is 37.6 Å². The lowest BCUT2D eigenvalue weighted by molar-refractivity contribution is 0.553. The van der Waals surface area contributed by atoms with Crippen LogP contribution in [0, 0.1) is 11.8 Å². The maximum absolute atomic E-state index is 5.03. The van der Waals surface area contributed by atoms with Crippen LogP contribution < -0.4 is 10.2 Å². The first kappa shape index (κ1) is 15.3. The lowest BCUT2D eigenvalue weighted by atomic mass is 10.1. The molecular formula is C17H29N3S. The van der Waals surface area contributed by atoms with E-state index in [4.69, 9.17) is 4.98 Å². The first-order chi connectivity index (χ1) is 10.2. The standard InChI is InChI=1S/C17H29N3S/c1-4-13-7-8-20(11-13)17-19-16(14-5-6-14)15(21-17)10-18-9-12(2)3/h12-14,18H,4-11H2,1-3H3. The van der Waals surface area contributed by atoms with Crippen LogP contribution in [0.5, 0.6) is 0 Å². The van der Waals surface area contributed by atoms with Gasteiger partial charge in [0, 0.05) is 30.4 Å². The van der Waals surface area contributed by atoms with Gasteiger partial charge in [0.25, 0.3) is 0 Å². The summed E-state index contributed by atoms with van der Waals surface area (Å²) in [5.41, 5.74) is 1.41. The molecule has 2 heterocycles. The molecule has 1 aromatic heterocycles. The lowest BCUT2D eigenvalue weighted by Gasteiger charge is -2.14. The molecule has 4 heteroatoms. The zero-order valence-corrected chi connectivity index (χ0v) is 14.5. The van der Waals surface area contributed by atoms with E-state index in [1.165, 1.54) is 54.5 Å². The van der Waals surface area contributed by atoms with Crippen LogP contribution in [-0.2, 0) is 6.54 Å². The number of aromatic nitrogens is 1. The normalized spacial score (nSPS) is 22.5. The third-order valence-electron chi connectivity index (χ3n) is 4.65. The number of hydrogen-bond acceptors (Lipinski definition) is 4. The van der Waals surface area contributed by atoms with E-state index in [9.17, 15) is 0 Å². The number of thiazole rings is 1. The molecule has 0 bridgehead atoms. The second-order valence-corrected chi connectivity index (χ2v) is 8.17. The molecule has 0 radical (unpaired) electrons. The smallest absolute Gasteiger partial charge is 0.185 e. The second-order valence-electron chi connectivity index (χ2n) is 7.11. The predicted molar refractivity (Wildman–Crippen MR) is 91.2 cm³/mol. The van der Waals surface area contributed by atoms with E-state index < -0.39 is 0 Å². The average Bonchev–Trinajstić information content (AvgIpc) is 3.03. The summed E-state index contributed by atoms with van der Waals surface area (Å²) in [5, 5.41) is 4.89. The fourth-order valence-electron chi connectivity index (χ4n) is 3.10. The molecule has 1 saturated carbocycles. The highest BCUT2D eigenvalue weighted by molar-refractivity contribution is 7.15. The molecular weight excluding hydrogens is 278 g/mol. The van der Waals surface area contributed by atoms with Crippen molar-refractivity contribution in [2.45, 2.75) is 58.9 Å². The molecule has 1 N–H and O–H groups in total. The minimum Gasteiger partial charge on any atom is -0.348 e. The van der Waals surface area contributed by atoms with Gasteiger partial charge in [-0.3, -0.25) is 0 Å². The minimum atomic E-state index is 0.714. The van der Waals surface area contributed by atoms with E-state index in [1.807, 2.05) is 11.3 Å². The Bertz CT molecular complexity index is 465. The van der Waals surface area contributed by atoms with Gasteiger partial charge in [-0.15, -0.1) is 11.3 Å². The van der Waals surface area contributed by atoms with Gasteiger partial charge in [-0.25, -0.2) is 4.98 Å². The predicted octanol–water partition coefficient (Wildman–Crippen LogP) is 4.00. The van der Waals surface area contributed by atoms with Gasteiger partial charge in [-0.2, -0.15) is 0 Å². The molecule has 0 amide bonds. The summed E-state index contributed by atoms with van der Waals surface area (Å²) in [4.78, 5) is 9.04. The Morgan fingerprint density at radius 2 is 2.14 bits per heavy atom. The summed E-state index contributed by atoms with van der Waals surface area (Å²) in [6, 6.07) is 0. The third-order valence-corrected chi connectivity index (χ3v) is 5.78. The largest absolute Gasteiger partial charge is 0.348 e. The minimum absolute atomic E-state index is 0.714. The van der Waals surface area contributed by atoms with Gasteiger partial charge in [-0.1, -0.05) is 27.2 Å². The molecule has 1 aromatic rings. The Hall–Kier alpha value is -0.610. The molecule has 1 aliphatic heterocycles. The zero-order chi connectivity index (χ0) is 14.8. The van der Waals surface area contributed by atoms with Gasteiger partial charge in [0.1, 0.15) is 0 Å². The van der Waals surface area contributed by atoms with Crippen LogP contribution in [0.3, 0.4) is 0 Å². The Balaban J connectivity index is 1.67. The van der Waals surface area contributed by atoms with Crippen molar-refractivity contribution in [1.82, 2.24) is 10.3 Å². The van der Waals surface area contributed by atoms with Gasteiger partial charge in [0.05, 0.1) is 5.69 Å². The van der Waals surface area contributed by atoms with E-state index in [1.54, 1.807) is 0 Å². The van der Waals surface area contributed by atoms with Crippen molar-refractivity contribution in [2.24, 2.45) is 11.8 Å². The van der Waals surface area contributed by atoms with E-state index in [0.717, 1.165) is 24.9 Å². The molecule has 0 spiro atoms. The Kier molecular flexibility index (Phi) is 4.85. The fourth-order valence-corrected chi connectivity index (χ4v) is 4.25. The summed E-state index contributed by atoms with van der Waals surface area (Å²) >= 11 is 1.94. The number of hydrogen-bond donors (Lipinski definition) is 1. The van der Waals surface area contributed by atoms with Crippen molar-refractivity contribution in [3.63, 3.8) is 0 Å². The Labute approximate surface area is 133 Å². The van der Waals surface area contributed by atoms with Crippen LogP contribution in [0.25, 0.3) is 0 Å². The van der Waals surface area contributed by atoms with Crippen LogP contribution in [0.4, 0.5) is 5.13 Å². The Morgan fingerprint density at radius 3 is 2.76 bits per heavy atom. The van der Waals surface area contributed by atoms with E-state index in [2.05, 4.69) is 31.0 Å². The number of rotatable bonds is 7. The van der Waals surface area contributed by atoms with Crippen molar-refractivity contribution in [3.05, 3.63) is 10.6 Å². The van der Waals surface area contributed by atoms with Crippen LogP contribution in [0.15, 0.2) is 0 Å².